The molecule has 9 nitrogen and oxygen atoms in total. The zero-order chi connectivity index (χ0) is 23.0. The summed E-state index contributed by atoms with van der Waals surface area (Å²) in [6, 6.07) is 3.82. The number of nitrogens with zero attached hydrogens (tertiary/aromatic N) is 5. The first-order valence-electron chi connectivity index (χ1n) is 11.1. The Bertz CT molecular complexity index is 923. The number of rotatable bonds is 8. The molecule has 0 saturated carbocycles. The van der Waals surface area contributed by atoms with E-state index in [2.05, 4.69) is 15.2 Å². The second-order valence-corrected chi connectivity index (χ2v) is 10.7. The van der Waals surface area contributed by atoms with Gasteiger partial charge < -0.3 is 19.3 Å². The van der Waals surface area contributed by atoms with Crippen LogP contribution in [0.2, 0.25) is 0 Å². The van der Waals surface area contributed by atoms with Crippen molar-refractivity contribution in [3.05, 3.63) is 35.1 Å². The maximum absolute atomic E-state index is 13.1. The molecule has 1 atom stereocenters. The van der Waals surface area contributed by atoms with E-state index in [9.17, 15) is 9.59 Å². The fourth-order valence-corrected chi connectivity index (χ4v) is 5.65. The molecule has 11 heteroatoms. The van der Waals surface area contributed by atoms with E-state index in [-0.39, 0.29) is 30.2 Å². The maximum Gasteiger partial charge on any atom is 0.242 e. The minimum Gasteiger partial charge on any atom is -0.381 e. The van der Waals surface area contributed by atoms with Gasteiger partial charge in [-0.2, -0.15) is 0 Å². The van der Waals surface area contributed by atoms with E-state index >= 15 is 0 Å². The average Bonchev–Trinajstić information content (AvgIpc) is 3.19. The highest BCUT2D eigenvalue weighted by atomic mass is 32.2. The summed E-state index contributed by atoms with van der Waals surface area (Å²) >= 11 is 2.82. The standard InChI is InChI=1S/C22H29N5O4S2/c1-16-24-25-22(33-16)32-15-21(29)27-12-19(31-14-18-2-6-23-7-3-18)11-26(20(28)13-27)10-17-4-8-30-9-5-17/h2-3,6-7,17,19H,4-5,8-15H2,1H3/t19-/m1/s1. The Hall–Kier alpha value is -2.08. The lowest BCUT2D eigenvalue weighted by molar-refractivity contribution is -0.137. The molecule has 4 rings (SSSR count). The van der Waals surface area contributed by atoms with Gasteiger partial charge in [-0.3, -0.25) is 14.6 Å². The third-order valence-corrected chi connectivity index (χ3v) is 7.72. The lowest BCUT2D eigenvalue weighted by Gasteiger charge is -2.30. The van der Waals surface area contributed by atoms with E-state index in [1.54, 1.807) is 17.3 Å². The normalized spacial score (nSPS) is 20.2. The number of carbonyl (C=O) groups is 2. The minimum atomic E-state index is -0.262. The summed E-state index contributed by atoms with van der Waals surface area (Å²) in [6.45, 7) is 5.39. The van der Waals surface area contributed by atoms with Crippen LogP contribution in [0.4, 0.5) is 0 Å². The van der Waals surface area contributed by atoms with Gasteiger partial charge in [0.1, 0.15) is 5.01 Å². The van der Waals surface area contributed by atoms with Crippen LogP contribution in [0.1, 0.15) is 23.4 Å². The largest absolute Gasteiger partial charge is 0.381 e. The van der Waals surface area contributed by atoms with Gasteiger partial charge in [-0.15, -0.1) is 10.2 Å². The number of thioether (sulfide) groups is 1. The second-order valence-electron chi connectivity index (χ2n) is 8.29. The Balaban J connectivity index is 1.41. The highest BCUT2D eigenvalue weighted by molar-refractivity contribution is 8.01. The van der Waals surface area contributed by atoms with E-state index in [1.807, 2.05) is 24.0 Å². The predicted octanol–water partition coefficient (Wildman–Crippen LogP) is 2.02. The molecule has 0 radical (unpaired) electrons. The summed E-state index contributed by atoms with van der Waals surface area (Å²) in [5.74, 6) is 0.522. The van der Waals surface area contributed by atoms with Gasteiger partial charge in [-0.05, 0) is 43.4 Å². The number of aryl methyl sites for hydroxylation is 1. The second kappa shape index (κ2) is 11.9. The predicted molar refractivity (Wildman–Crippen MR) is 125 cm³/mol. The number of carbonyl (C=O) groups excluding carboxylic acids is 2. The SMILES string of the molecule is Cc1nnc(SCC(=O)N2CC(=O)N(CC3CCOCC3)C[C@@H](OCc3ccncc3)C2)s1. The first-order valence-corrected chi connectivity index (χ1v) is 12.9. The van der Waals surface area contributed by atoms with E-state index in [1.165, 1.54) is 23.1 Å². The Morgan fingerprint density at radius 3 is 2.76 bits per heavy atom. The molecule has 2 aliphatic heterocycles. The third kappa shape index (κ3) is 7.20. The molecule has 2 aliphatic rings. The average molecular weight is 492 g/mol. The smallest absolute Gasteiger partial charge is 0.242 e. The van der Waals surface area contributed by atoms with Crippen LogP contribution >= 0.6 is 23.1 Å². The summed E-state index contributed by atoms with van der Waals surface area (Å²) < 4.78 is 12.4. The molecule has 0 unspecified atom stereocenters. The summed E-state index contributed by atoms with van der Waals surface area (Å²) in [4.78, 5) is 33.7. The molecule has 178 valence electrons. The Morgan fingerprint density at radius 2 is 2.03 bits per heavy atom. The van der Waals surface area contributed by atoms with E-state index in [0.717, 1.165) is 41.0 Å². The molecule has 2 saturated heterocycles. The molecule has 2 aromatic heterocycles. The first-order chi connectivity index (χ1) is 16.1. The highest BCUT2D eigenvalue weighted by Crippen LogP contribution is 2.23. The summed E-state index contributed by atoms with van der Waals surface area (Å²) in [6.07, 6.45) is 5.10. The van der Waals surface area contributed by atoms with Crippen molar-refractivity contribution in [1.82, 2.24) is 25.0 Å². The summed E-state index contributed by atoms with van der Waals surface area (Å²) in [5.41, 5.74) is 1.01. The molecular weight excluding hydrogens is 462 g/mol. The van der Waals surface area contributed by atoms with Crippen molar-refractivity contribution in [3.63, 3.8) is 0 Å². The van der Waals surface area contributed by atoms with Crippen molar-refractivity contribution in [2.45, 2.75) is 36.8 Å². The van der Waals surface area contributed by atoms with Crippen LogP contribution in [0.3, 0.4) is 0 Å². The Kier molecular flexibility index (Phi) is 8.65. The zero-order valence-electron chi connectivity index (χ0n) is 18.7. The fourth-order valence-electron chi connectivity index (χ4n) is 3.94. The number of ether oxygens (including phenoxy) is 2. The van der Waals surface area contributed by atoms with Crippen LogP contribution < -0.4 is 0 Å². The van der Waals surface area contributed by atoms with Gasteiger partial charge in [0, 0.05) is 45.2 Å². The van der Waals surface area contributed by atoms with Crippen LogP contribution in [-0.2, 0) is 25.7 Å². The van der Waals surface area contributed by atoms with Gasteiger partial charge in [0.25, 0.3) is 0 Å². The number of pyridine rings is 1. The molecular formula is C22H29N5O4S2. The van der Waals surface area contributed by atoms with Crippen LogP contribution in [-0.4, -0.2) is 88.0 Å². The van der Waals surface area contributed by atoms with Crippen molar-refractivity contribution in [1.29, 1.82) is 0 Å². The van der Waals surface area contributed by atoms with Crippen LogP contribution in [0.15, 0.2) is 28.9 Å². The molecule has 33 heavy (non-hydrogen) atoms. The van der Waals surface area contributed by atoms with Crippen molar-refractivity contribution >= 4 is 34.9 Å². The number of amides is 2. The zero-order valence-corrected chi connectivity index (χ0v) is 20.4. The minimum absolute atomic E-state index is 0.0263. The monoisotopic (exact) mass is 491 g/mol. The quantitative estimate of drug-likeness (QED) is 0.518. The fraction of sp³-hybridized carbons (Fsp3) is 0.591. The molecule has 0 bridgehead atoms. The molecule has 4 heterocycles. The number of hydrogen-bond acceptors (Lipinski definition) is 9. The van der Waals surface area contributed by atoms with E-state index in [0.29, 0.717) is 32.2 Å². The van der Waals surface area contributed by atoms with Gasteiger partial charge in [-0.25, -0.2) is 0 Å². The van der Waals surface area contributed by atoms with Crippen molar-refractivity contribution in [2.75, 3.05) is 45.1 Å². The third-order valence-electron chi connectivity index (χ3n) is 5.76. The summed E-state index contributed by atoms with van der Waals surface area (Å²) in [7, 11) is 0. The van der Waals surface area contributed by atoms with E-state index < -0.39 is 0 Å². The molecule has 0 spiro atoms. The van der Waals surface area contributed by atoms with Crippen LogP contribution in [0, 0.1) is 12.8 Å². The highest BCUT2D eigenvalue weighted by Gasteiger charge is 2.32. The molecule has 0 N–H and O–H groups in total. The van der Waals surface area contributed by atoms with Crippen molar-refractivity contribution < 1.29 is 19.1 Å². The van der Waals surface area contributed by atoms with Crippen molar-refractivity contribution in [3.8, 4) is 0 Å². The molecule has 2 fully saturated rings. The maximum atomic E-state index is 13.1. The van der Waals surface area contributed by atoms with E-state index in [4.69, 9.17) is 9.47 Å². The first kappa shape index (κ1) is 24.1. The van der Waals surface area contributed by atoms with Gasteiger partial charge in [0.2, 0.25) is 11.8 Å². The topological polar surface area (TPSA) is 97.8 Å². The molecule has 2 aromatic rings. The number of aromatic nitrogens is 3. The van der Waals surface area contributed by atoms with Crippen molar-refractivity contribution in [2.24, 2.45) is 5.92 Å². The Labute approximate surface area is 201 Å². The summed E-state index contributed by atoms with van der Waals surface area (Å²) in [5, 5.41) is 8.92. The molecule has 0 aromatic carbocycles. The van der Waals surface area contributed by atoms with Gasteiger partial charge >= 0.3 is 0 Å². The number of hydrogen-bond donors (Lipinski definition) is 0. The molecule has 0 aliphatic carbocycles. The van der Waals surface area contributed by atoms with Crippen LogP contribution in [0.5, 0.6) is 0 Å². The lowest BCUT2D eigenvalue weighted by atomic mass is 9.99. The van der Waals surface area contributed by atoms with Gasteiger partial charge in [0.05, 0.1) is 25.0 Å². The lowest BCUT2D eigenvalue weighted by Crippen LogP contribution is -2.42. The molecule has 2 amide bonds. The van der Waals surface area contributed by atoms with Gasteiger partial charge in [0.15, 0.2) is 4.34 Å². The Morgan fingerprint density at radius 1 is 1.24 bits per heavy atom. The van der Waals surface area contributed by atoms with Crippen LogP contribution in [0.25, 0.3) is 0 Å². The van der Waals surface area contributed by atoms with Gasteiger partial charge in [-0.1, -0.05) is 23.1 Å².